The molecule has 0 spiro atoms. The van der Waals surface area contributed by atoms with Crippen molar-refractivity contribution in [3.63, 3.8) is 0 Å². The lowest BCUT2D eigenvalue weighted by molar-refractivity contribution is 0.431. The van der Waals surface area contributed by atoms with Crippen LogP contribution in [0.15, 0.2) is 33.8 Å². The standard InChI is InChI=1S/C15H18BrN3O2/c1-9(2)8-19-5-4-18-14(15(19)20)21-13-10(3)6-11(16)7-12(13)17/h4-7,9H,8,17H2,1-3H3. The minimum atomic E-state index is -0.257. The first-order valence-electron chi connectivity index (χ1n) is 6.67. The van der Waals surface area contributed by atoms with E-state index in [1.807, 2.05) is 26.8 Å². The van der Waals surface area contributed by atoms with Crippen LogP contribution in [-0.2, 0) is 6.54 Å². The number of aryl methyl sites for hydroxylation is 1. The van der Waals surface area contributed by atoms with Gasteiger partial charge in [0.15, 0.2) is 5.75 Å². The summed E-state index contributed by atoms with van der Waals surface area (Å²) in [4.78, 5) is 16.3. The maximum atomic E-state index is 12.3. The first-order valence-corrected chi connectivity index (χ1v) is 7.46. The van der Waals surface area contributed by atoms with Gasteiger partial charge in [-0.2, -0.15) is 0 Å². The summed E-state index contributed by atoms with van der Waals surface area (Å²) in [6, 6.07) is 3.61. The van der Waals surface area contributed by atoms with E-state index in [0.717, 1.165) is 10.0 Å². The first kappa shape index (κ1) is 15.6. The molecule has 1 heterocycles. The summed E-state index contributed by atoms with van der Waals surface area (Å²) in [5.41, 5.74) is 6.99. The number of aromatic nitrogens is 2. The Labute approximate surface area is 131 Å². The lowest BCUT2D eigenvalue weighted by atomic mass is 10.2. The average molecular weight is 352 g/mol. The molecule has 0 atom stereocenters. The van der Waals surface area contributed by atoms with Crippen molar-refractivity contribution in [3.8, 4) is 11.6 Å². The monoisotopic (exact) mass is 351 g/mol. The van der Waals surface area contributed by atoms with Gasteiger partial charge in [0.1, 0.15) is 0 Å². The van der Waals surface area contributed by atoms with Gasteiger partial charge in [-0.15, -0.1) is 0 Å². The van der Waals surface area contributed by atoms with E-state index in [1.165, 1.54) is 0 Å². The van der Waals surface area contributed by atoms with Crippen LogP contribution in [0.1, 0.15) is 19.4 Å². The summed E-state index contributed by atoms with van der Waals surface area (Å²) in [7, 11) is 0. The van der Waals surface area contributed by atoms with Crippen molar-refractivity contribution in [2.24, 2.45) is 5.92 Å². The molecule has 0 aliphatic rings. The van der Waals surface area contributed by atoms with Gasteiger partial charge in [-0.3, -0.25) is 4.79 Å². The second-order valence-corrected chi connectivity index (χ2v) is 6.24. The smallest absolute Gasteiger partial charge is 0.313 e. The van der Waals surface area contributed by atoms with Crippen molar-refractivity contribution in [1.29, 1.82) is 0 Å². The zero-order chi connectivity index (χ0) is 15.6. The lowest BCUT2D eigenvalue weighted by Crippen LogP contribution is -2.23. The topological polar surface area (TPSA) is 70.1 Å². The third-order valence-electron chi connectivity index (χ3n) is 2.91. The molecule has 0 radical (unpaired) electrons. The highest BCUT2D eigenvalue weighted by Gasteiger charge is 2.13. The Morgan fingerprint density at radius 1 is 1.43 bits per heavy atom. The molecule has 1 aromatic carbocycles. The number of halogens is 1. The Hall–Kier alpha value is -1.82. The van der Waals surface area contributed by atoms with E-state index in [-0.39, 0.29) is 11.4 Å². The number of hydrogen-bond donors (Lipinski definition) is 1. The molecule has 0 aliphatic heterocycles. The van der Waals surface area contributed by atoms with E-state index in [0.29, 0.717) is 23.9 Å². The highest BCUT2D eigenvalue weighted by molar-refractivity contribution is 9.10. The van der Waals surface area contributed by atoms with Gasteiger partial charge in [-0.05, 0) is 30.5 Å². The molecular formula is C15H18BrN3O2. The summed E-state index contributed by atoms with van der Waals surface area (Å²) >= 11 is 3.37. The fraction of sp³-hybridized carbons (Fsp3) is 0.333. The molecule has 1 aromatic heterocycles. The Balaban J connectivity index is 2.39. The van der Waals surface area contributed by atoms with Crippen LogP contribution >= 0.6 is 15.9 Å². The molecule has 112 valence electrons. The number of hydrogen-bond acceptors (Lipinski definition) is 4. The van der Waals surface area contributed by atoms with E-state index >= 15 is 0 Å². The Kier molecular flexibility index (Phi) is 4.67. The van der Waals surface area contributed by atoms with Crippen LogP contribution in [0.25, 0.3) is 0 Å². The SMILES string of the molecule is Cc1cc(Br)cc(N)c1Oc1nccn(CC(C)C)c1=O. The van der Waals surface area contributed by atoms with Crippen LogP contribution in [0.3, 0.4) is 0 Å². The molecule has 0 bridgehead atoms. The largest absolute Gasteiger partial charge is 0.432 e. The van der Waals surface area contributed by atoms with Crippen molar-refractivity contribution < 1.29 is 4.74 Å². The van der Waals surface area contributed by atoms with Gasteiger partial charge in [-0.25, -0.2) is 4.98 Å². The molecule has 21 heavy (non-hydrogen) atoms. The predicted molar refractivity (Wildman–Crippen MR) is 86.7 cm³/mol. The first-order chi connectivity index (χ1) is 9.88. The summed E-state index contributed by atoms with van der Waals surface area (Å²) < 4.78 is 8.12. The van der Waals surface area contributed by atoms with Crippen molar-refractivity contribution in [2.45, 2.75) is 27.3 Å². The quantitative estimate of drug-likeness (QED) is 0.857. The summed E-state index contributed by atoms with van der Waals surface area (Å²) in [5.74, 6) is 0.859. The number of nitrogens with two attached hydrogens (primary N) is 1. The molecule has 0 amide bonds. The second-order valence-electron chi connectivity index (χ2n) is 5.33. The van der Waals surface area contributed by atoms with Crippen molar-refractivity contribution in [2.75, 3.05) is 5.73 Å². The van der Waals surface area contributed by atoms with Crippen LogP contribution in [0.4, 0.5) is 5.69 Å². The number of anilines is 1. The van der Waals surface area contributed by atoms with E-state index in [4.69, 9.17) is 10.5 Å². The number of nitrogens with zero attached hydrogens (tertiary/aromatic N) is 2. The zero-order valence-electron chi connectivity index (χ0n) is 12.3. The molecule has 5 nitrogen and oxygen atoms in total. The Bertz CT molecular complexity index is 687. The third-order valence-corrected chi connectivity index (χ3v) is 3.37. The van der Waals surface area contributed by atoms with Gasteiger partial charge in [0, 0.05) is 23.4 Å². The lowest BCUT2D eigenvalue weighted by Gasteiger charge is -2.13. The number of ether oxygens (including phenoxy) is 1. The van der Waals surface area contributed by atoms with E-state index in [9.17, 15) is 4.79 Å². The fourth-order valence-corrected chi connectivity index (χ4v) is 2.62. The fourth-order valence-electron chi connectivity index (χ4n) is 2.03. The summed E-state index contributed by atoms with van der Waals surface area (Å²) in [6.07, 6.45) is 3.22. The van der Waals surface area contributed by atoms with Crippen molar-refractivity contribution in [1.82, 2.24) is 9.55 Å². The average Bonchev–Trinajstić information content (AvgIpc) is 2.37. The van der Waals surface area contributed by atoms with Gasteiger partial charge < -0.3 is 15.0 Å². The highest BCUT2D eigenvalue weighted by Crippen LogP contribution is 2.32. The zero-order valence-corrected chi connectivity index (χ0v) is 13.8. The van der Waals surface area contributed by atoms with E-state index in [2.05, 4.69) is 20.9 Å². The molecule has 0 unspecified atom stereocenters. The highest BCUT2D eigenvalue weighted by atomic mass is 79.9. The summed E-state index contributed by atoms with van der Waals surface area (Å²) in [6.45, 7) is 6.58. The van der Waals surface area contributed by atoms with Crippen molar-refractivity contribution in [3.05, 3.63) is 44.9 Å². The van der Waals surface area contributed by atoms with Crippen LogP contribution < -0.4 is 16.0 Å². The maximum absolute atomic E-state index is 12.3. The van der Waals surface area contributed by atoms with Crippen LogP contribution in [0.5, 0.6) is 11.6 Å². The van der Waals surface area contributed by atoms with Crippen molar-refractivity contribution >= 4 is 21.6 Å². The Morgan fingerprint density at radius 3 is 2.76 bits per heavy atom. The predicted octanol–water partition coefficient (Wildman–Crippen LogP) is 3.34. The van der Waals surface area contributed by atoms with Gasteiger partial charge in [0.25, 0.3) is 5.88 Å². The van der Waals surface area contributed by atoms with Gasteiger partial charge in [0.2, 0.25) is 0 Å². The van der Waals surface area contributed by atoms with Crippen LogP contribution in [-0.4, -0.2) is 9.55 Å². The molecule has 0 aliphatic carbocycles. The normalized spacial score (nSPS) is 10.9. The third kappa shape index (κ3) is 3.64. The number of rotatable bonds is 4. The van der Waals surface area contributed by atoms with Gasteiger partial charge >= 0.3 is 5.56 Å². The molecule has 0 saturated carbocycles. The second kappa shape index (κ2) is 6.30. The molecule has 6 heteroatoms. The van der Waals surface area contributed by atoms with E-state index in [1.54, 1.807) is 23.0 Å². The molecule has 2 N–H and O–H groups in total. The van der Waals surface area contributed by atoms with Crippen LogP contribution in [0.2, 0.25) is 0 Å². The molecule has 2 rings (SSSR count). The molecular weight excluding hydrogens is 334 g/mol. The Morgan fingerprint density at radius 2 is 2.14 bits per heavy atom. The minimum Gasteiger partial charge on any atom is -0.432 e. The maximum Gasteiger partial charge on any atom is 0.313 e. The van der Waals surface area contributed by atoms with E-state index < -0.39 is 0 Å². The number of benzene rings is 1. The van der Waals surface area contributed by atoms with Gasteiger partial charge in [0.05, 0.1) is 5.69 Å². The number of nitrogen functional groups attached to an aromatic ring is 1. The molecule has 0 saturated heterocycles. The van der Waals surface area contributed by atoms with Gasteiger partial charge in [-0.1, -0.05) is 29.8 Å². The van der Waals surface area contributed by atoms with Crippen LogP contribution in [0, 0.1) is 12.8 Å². The molecule has 0 fully saturated rings. The minimum absolute atomic E-state index is 0.0373. The summed E-state index contributed by atoms with van der Waals surface area (Å²) in [5, 5.41) is 0. The molecule has 2 aromatic rings.